The van der Waals surface area contributed by atoms with Crippen LogP contribution in [0.2, 0.25) is 10.0 Å². The number of aryl methyl sites for hydroxylation is 1. The Bertz CT molecular complexity index is 1410. The Hall–Kier alpha value is -3.20. The van der Waals surface area contributed by atoms with Crippen molar-refractivity contribution in [1.29, 1.82) is 0 Å². The number of hydrogen-bond donors (Lipinski definition) is 2. The van der Waals surface area contributed by atoms with Crippen LogP contribution in [0.5, 0.6) is 0 Å². The first-order chi connectivity index (χ1) is 16.3. The predicted molar refractivity (Wildman–Crippen MR) is 134 cm³/mol. The lowest BCUT2D eigenvalue weighted by molar-refractivity contribution is -0.125. The highest BCUT2D eigenvalue weighted by Crippen LogP contribution is 2.41. The van der Waals surface area contributed by atoms with Crippen molar-refractivity contribution in [2.24, 2.45) is 5.73 Å². The summed E-state index contributed by atoms with van der Waals surface area (Å²) in [4.78, 5) is 23.5. The number of nitrogens with one attached hydrogen (secondary N) is 1. The van der Waals surface area contributed by atoms with Crippen LogP contribution in [0.1, 0.15) is 12.7 Å². The van der Waals surface area contributed by atoms with Crippen LogP contribution in [0.4, 0.5) is 5.95 Å². The van der Waals surface area contributed by atoms with E-state index in [1.165, 1.54) is 0 Å². The zero-order chi connectivity index (χ0) is 24.0. The molecule has 0 unspecified atom stereocenters. The first-order valence-electron chi connectivity index (χ1n) is 10.9. The van der Waals surface area contributed by atoms with E-state index in [0.717, 1.165) is 16.7 Å². The monoisotopic (exact) mass is 495 g/mol. The van der Waals surface area contributed by atoms with E-state index in [1.807, 2.05) is 67.3 Å². The number of nitrogens with zero attached hydrogens (tertiary/aromatic N) is 5. The molecular formula is C24H23Cl2N7O. The van der Waals surface area contributed by atoms with Crippen LogP contribution in [-0.4, -0.2) is 50.7 Å². The summed E-state index contributed by atoms with van der Waals surface area (Å²) in [5.41, 5.74) is 8.48. The van der Waals surface area contributed by atoms with E-state index in [4.69, 9.17) is 39.0 Å². The standard InChI is InChI=1S/C24H23Cl2N7O/c1-3-28-24(22(27)34)12-32(13-24)23-29-14(2)33-21(30-23)19(15-8-4-6-10-17(15)25)20(31-33)16-9-5-7-11-18(16)26/h4-11,28H,3,12-13H2,1-2H3,(H2,27,34). The van der Waals surface area contributed by atoms with Crippen molar-refractivity contribution in [1.82, 2.24) is 24.9 Å². The van der Waals surface area contributed by atoms with Gasteiger partial charge in [-0.2, -0.15) is 19.6 Å². The molecule has 10 heteroatoms. The maximum absolute atomic E-state index is 12.1. The molecule has 0 aliphatic carbocycles. The molecule has 1 aliphatic rings. The highest BCUT2D eigenvalue weighted by atomic mass is 35.5. The third-order valence-corrected chi connectivity index (χ3v) is 6.76. The van der Waals surface area contributed by atoms with Crippen molar-refractivity contribution in [3.05, 3.63) is 64.4 Å². The van der Waals surface area contributed by atoms with Crippen LogP contribution in [0.15, 0.2) is 48.5 Å². The maximum atomic E-state index is 12.1. The number of aromatic nitrogens is 4. The van der Waals surface area contributed by atoms with E-state index in [0.29, 0.717) is 52.8 Å². The van der Waals surface area contributed by atoms with Gasteiger partial charge in [0.2, 0.25) is 11.9 Å². The van der Waals surface area contributed by atoms with E-state index in [-0.39, 0.29) is 5.91 Å². The molecule has 0 bridgehead atoms. The van der Waals surface area contributed by atoms with E-state index in [9.17, 15) is 4.79 Å². The van der Waals surface area contributed by atoms with Crippen molar-refractivity contribution < 1.29 is 4.79 Å². The van der Waals surface area contributed by atoms with Gasteiger partial charge in [-0.1, -0.05) is 66.5 Å². The molecule has 1 amide bonds. The number of rotatable bonds is 6. The van der Waals surface area contributed by atoms with Gasteiger partial charge in [0.05, 0.1) is 10.6 Å². The summed E-state index contributed by atoms with van der Waals surface area (Å²) >= 11 is 13.2. The molecule has 2 aromatic heterocycles. The summed E-state index contributed by atoms with van der Waals surface area (Å²) in [6, 6.07) is 15.1. The predicted octanol–water partition coefficient (Wildman–Crippen LogP) is 3.73. The van der Waals surface area contributed by atoms with Gasteiger partial charge < -0.3 is 16.0 Å². The molecule has 0 spiro atoms. The summed E-state index contributed by atoms with van der Waals surface area (Å²) in [6.45, 7) is 5.22. The number of primary amides is 1. The SMILES string of the molecule is CCNC1(C(N)=O)CN(c2nc(C)n3nc(-c4ccccc4Cl)c(-c4ccccc4Cl)c3n2)C1. The van der Waals surface area contributed by atoms with Crippen LogP contribution in [0.3, 0.4) is 0 Å². The molecular weight excluding hydrogens is 473 g/mol. The molecule has 3 heterocycles. The number of anilines is 1. The number of halogens is 2. The second-order valence-electron chi connectivity index (χ2n) is 8.32. The molecule has 2 aromatic carbocycles. The van der Waals surface area contributed by atoms with Crippen molar-refractivity contribution >= 4 is 40.7 Å². The number of carbonyl (C=O) groups is 1. The number of hydrogen-bond acceptors (Lipinski definition) is 6. The molecule has 0 saturated carbocycles. The first-order valence-corrected chi connectivity index (χ1v) is 11.7. The summed E-state index contributed by atoms with van der Waals surface area (Å²) < 4.78 is 1.70. The molecule has 5 rings (SSSR count). The molecule has 34 heavy (non-hydrogen) atoms. The van der Waals surface area contributed by atoms with Gasteiger partial charge in [0.15, 0.2) is 5.65 Å². The average molecular weight is 496 g/mol. The number of likely N-dealkylation sites (N-methyl/N-ethyl adjacent to an activating group) is 1. The zero-order valence-electron chi connectivity index (χ0n) is 18.7. The molecule has 0 radical (unpaired) electrons. The largest absolute Gasteiger partial charge is 0.368 e. The lowest BCUT2D eigenvalue weighted by atomic mass is 9.89. The number of amides is 1. The second kappa shape index (κ2) is 8.54. The quantitative estimate of drug-likeness (QED) is 0.422. The maximum Gasteiger partial charge on any atom is 0.241 e. The van der Waals surface area contributed by atoms with Gasteiger partial charge in [0.1, 0.15) is 17.1 Å². The van der Waals surface area contributed by atoms with Crippen molar-refractivity contribution in [2.45, 2.75) is 19.4 Å². The van der Waals surface area contributed by atoms with Crippen LogP contribution < -0.4 is 16.0 Å². The number of carbonyl (C=O) groups excluding carboxylic acids is 1. The topological polar surface area (TPSA) is 101 Å². The van der Waals surface area contributed by atoms with Crippen molar-refractivity contribution in [2.75, 3.05) is 24.5 Å². The van der Waals surface area contributed by atoms with Gasteiger partial charge in [-0.25, -0.2) is 0 Å². The van der Waals surface area contributed by atoms with Crippen LogP contribution in [0.25, 0.3) is 28.0 Å². The minimum absolute atomic E-state index is 0.384. The molecule has 1 saturated heterocycles. The van der Waals surface area contributed by atoms with Crippen molar-refractivity contribution in [3.63, 3.8) is 0 Å². The summed E-state index contributed by atoms with van der Waals surface area (Å²) in [7, 11) is 0. The Balaban J connectivity index is 1.70. The molecule has 4 aromatic rings. The zero-order valence-corrected chi connectivity index (χ0v) is 20.2. The van der Waals surface area contributed by atoms with Crippen LogP contribution in [0, 0.1) is 6.92 Å². The summed E-state index contributed by atoms with van der Waals surface area (Å²) in [6.07, 6.45) is 0. The number of benzene rings is 2. The van der Waals surface area contributed by atoms with E-state index < -0.39 is 5.54 Å². The fourth-order valence-electron chi connectivity index (χ4n) is 4.38. The van der Waals surface area contributed by atoms with E-state index in [1.54, 1.807) is 4.52 Å². The summed E-state index contributed by atoms with van der Waals surface area (Å²) in [5.74, 6) is 0.760. The highest BCUT2D eigenvalue weighted by molar-refractivity contribution is 6.35. The van der Waals surface area contributed by atoms with Gasteiger partial charge in [0.25, 0.3) is 0 Å². The Labute approximate surface area is 206 Å². The Morgan fingerprint density at radius 3 is 2.26 bits per heavy atom. The first kappa shape index (κ1) is 22.6. The van der Waals surface area contributed by atoms with Crippen molar-refractivity contribution in [3.8, 4) is 22.4 Å². The Morgan fingerprint density at radius 2 is 1.68 bits per heavy atom. The normalized spacial score (nSPS) is 14.9. The number of nitrogens with two attached hydrogens (primary N) is 1. The Kier molecular flexibility index (Phi) is 5.67. The minimum Gasteiger partial charge on any atom is -0.368 e. The minimum atomic E-state index is -0.785. The lowest BCUT2D eigenvalue weighted by Gasteiger charge is -2.48. The summed E-state index contributed by atoms with van der Waals surface area (Å²) in [5, 5.41) is 9.19. The van der Waals surface area contributed by atoms with Crippen LogP contribution in [-0.2, 0) is 4.79 Å². The Morgan fingerprint density at radius 1 is 1.06 bits per heavy atom. The van der Waals surface area contributed by atoms with Gasteiger partial charge >= 0.3 is 0 Å². The fourth-order valence-corrected chi connectivity index (χ4v) is 4.84. The molecule has 3 N–H and O–H groups in total. The third-order valence-electron chi connectivity index (χ3n) is 6.10. The van der Waals surface area contributed by atoms with Gasteiger partial charge in [-0.3, -0.25) is 4.79 Å². The van der Waals surface area contributed by atoms with Gasteiger partial charge in [-0.05, 0) is 25.6 Å². The average Bonchev–Trinajstić information content (AvgIpc) is 3.16. The lowest BCUT2D eigenvalue weighted by Crippen LogP contribution is -2.75. The smallest absolute Gasteiger partial charge is 0.241 e. The van der Waals surface area contributed by atoms with Gasteiger partial charge in [0, 0.05) is 29.2 Å². The molecule has 1 aliphatic heterocycles. The van der Waals surface area contributed by atoms with E-state index in [2.05, 4.69) is 10.3 Å². The second-order valence-corrected chi connectivity index (χ2v) is 9.14. The highest BCUT2D eigenvalue weighted by Gasteiger charge is 2.48. The molecule has 174 valence electrons. The fraction of sp³-hybridized carbons (Fsp3) is 0.250. The molecule has 8 nitrogen and oxygen atoms in total. The third kappa shape index (κ3) is 3.58. The van der Waals surface area contributed by atoms with E-state index >= 15 is 0 Å². The van der Waals surface area contributed by atoms with Gasteiger partial charge in [-0.15, -0.1) is 0 Å². The molecule has 0 atom stereocenters. The molecule has 1 fully saturated rings. The number of fused-ring (bicyclic) bond motifs is 1. The van der Waals surface area contributed by atoms with Crippen LogP contribution >= 0.6 is 23.2 Å².